The van der Waals surface area contributed by atoms with Crippen LogP contribution in [0.1, 0.15) is 20.2 Å². The summed E-state index contributed by atoms with van der Waals surface area (Å²) in [7, 11) is 0. The number of aromatic nitrogens is 1. The van der Waals surface area contributed by atoms with E-state index in [1.807, 2.05) is 6.07 Å². The predicted octanol–water partition coefficient (Wildman–Crippen LogP) is 1.58. The SMILES string of the molecule is O=Cc1nc2cc(C(=O)N3CCOCC3)ccc2s1. The monoisotopic (exact) mass is 276 g/mol. The van der Waals surface area contributed by atoms with E-state index in [1.165, 1.54) is 11.3 Å². The maximum Gasteiger partial charge on any atom is 0.254 e. The standard InChI is InChI=1S/C13H12N2O3S/c16-8-12-14-10-7-9(1-2-11(10)19-12)13(17)15-3-5-18-6-4-15/h1-2,7-8H,3-6H2. The highest BCUT2D eigenvalue weighted by atomic mass is 32.1. The lowest BCUT2D eigenvalue weighted by molar-refractivity contribution is 0.0303. The van der Waals surface area contributed by atoms with Gasteiger partial charge in [0, 0.05) is 18.7 Å². The lowest BCUT2D eigenvalue weighted by Gasteiger charge is -2.26. The highest BCUT2D eigenvalue weighted by molar-refractivity contribution is 7.20. The third-order valence-electron chi connectivity index (χ3n) is 3.05. The van der Waals surface area contributed by atoms with Crippen molar-refractivity contribution >= 4 is 33.7 Å². The Morgan fingerprint density at radius 1 is 1.37 bits per heavy atom. The van der Waals surface area contributed by atoms with Gasteiger partial charge >= 0.3 is 0 Å². The van der Waals surface area contributed by atoms with Gasteiger partial charge in [-0.2, -0.15) is 0 Å². The molecular formula is C13H12N2O3S. The van der Waals surface area contributed by atoms with Gasteiger partial charge in [-0.25, -0.2) is 4.98 Å². The second kappa shape index (κ2) is 5.07. The van der Waals surface area contributed by atoms with Crippen LogP contribution in [-0.4, -0.2) is 48.4 Å². The summed E-state index contributed by atoms with van der Waals surface area (Å²) in [5.41, 5.74) is 1.31. The van der Waals surface area contributed by atoms with Crippen molar-refractivity contribution in [3.63, 3.8) is 0 Å². The number of hydrogen-bond donors (Lipinski definition) is 0. The molecule has 19 heavy (non-hydrogen) atoms. The minimum absolute atomic E-state index is 0.00847. The smallest absolute Gasteiger partial charge is 0.254 e. The third-order valence-corrected chi connectivity index (χ3v) is 4.01. The molecule has 1 aromatic heterocycles. The Hall–Kier alpha value is -1.79. The van der Waals surface area contributed by atoms with Gasteiger partial charge in [0.1, 0.15) is 0 Å². The van der Waals surface area contributed by atoms with Gasteiger partial charge in [-0.15, -0.1) is 11.3 Å². The van der Waals surface area contributed by atoms with Crippen LogP contribution < -0.4 is 0 Å². The quantitative estimate of drug-likeness (QED) is 0.781. The molecule has 6 heteroatoms. The fraction of sp³-hybridized carbons (Fsp3) is 0.308. The van der Waals surface area contributed by atoms with Gasteiger partial charge in [0.2, 0.25) is 0 Å². The summed E-state index contributed by atoms with van der Waals surface area (Å²) in [5, 5.41) is 0.436. The molecule has 0 spiro atoms. The normalized spacial score (nSPS) is 15.7. The highest BCUT2D eigenvalue weighted by Crippen LogP contribution is 2.22. The van der Waals surface area contributed by atoms with Gasteiger partial charge in [0.05, 0.1) is 23.4 Å². The largest absolute Gasteiger partial charge is 0.378 e. The van der Waals surface area contributed by atoms with E-state index in [0.29, 0.717) is 42.4 Å². The molecule has 3 rings (SSSR count). The number of nitrogens with zero attached hydrogens (tertiary/aromatic N) is 2. The number of ether oxygens (including phenoxy) is 1. The van der Waals surface area contributed by atoms with E-state index in [1.54, 1.807) is 17.0 Å². The van der Waals surface area contributed by atoms with Gasteiger partial charge in [-0.05, 0) is 18.2 Å². The lowest BCUT2D eigenvalue weighted by Crippen LogP contribution is -2.40. The van der Waals surface area contributed by atoms with Crippen LogP contribution in [0.15, 0.2) is 18.2 Å². The molecule has 2 heterocycles. The van der Waals surface area contributed by atoms with Crippen molar-refractivity contribution in [1.82, 2.24) is 9.88 Å². The fourth-order valence-corrected chi connectivity index (χ4v) is 2.84. The summed E-state index contributed by atoms with van der Waals surface area (Å²) in [6.45, 7) is 2.40. The van der Waals surface area contributed by atoms with Crippen molar-refractivity contribution in [3.8, 4) is 0 Å². The Labute approximate surface area is 113 Å². The van der Waals surface area contributed by atoms with Crippen LogP contribution in [0.5, 0.6) is 0 Å². The molecular weight excluding hydrogens is 264 g/mol. The van der Waals surface area contributed by atoms with Gasteiger partial charge in [-0.1, -0.05) is 0 Å². The number of hydrogen-bond acceptors (Lipinski definition) is 5. The van der Waals surface area contributed by atoms with Crippen molar-refractivity contribution in [2.45, 2.75) is 0 Å². The van der Waals surface area contributed by atoms with E-state index in [9.17, 15) is 9.59 Å². The van der Waals surface area contributed by atoms with Crippen LogP contribution in [0.25, 0.3) is 10.2 Å². The molecule has 1 fully saturated rings. The molecule has 5 nitrogen and oxygen atoms in total. The highest BCUT2D eigenvalue weighted by Gasteiger charge is 2.19. The van der Waals surface area contributed by atoms with E-state index >= 15 is 0 Å². The van der Waals surface area contributed by atoms with Gasteiger partial charge < -0.3 is 9.64 Å². The minimum atomic E-state index is -0.00847. The second-order valence-electron chi connectivity index (χ2n) is 4.26. The molecule has 0 radical (unpaired) electrons. The van der Waals surface area contributed by atoms with Gasteiger partial charge in [0.15, 0.2) is 11.3 Å². The van der Waals surface area contributed by atoms with E-state index in [2.05, 4.69) is 4.98 Å². The average molecular weight is 276 g/mol. The molecule has 1 aromatic carbocycles. The van der Waals surface area contributed by atoms with Crippen molar-refractivity contribution < 1.29 is 14.3 Å². The lowest BCUT2D eigenvalue weighted by atomic mass is 10.2. The molecule has 1 aliphatic rings. The third kappa shape index (κ3) is 2.36. The molecule has 0 N–H and O–H groups in total. The molecule has 0 atom stereocenters. The summed E-state index contributed by atoms with van der Waals surface area (Å²) < 4.78 is 6.15. The average Bonchev–Trinajstić information content (AvgIpc) is 2.89. The molecule has 2 aromatic rings. The molecule has 1 aliphatic heterocycles. The Morgan fingerprint density at radius 3 is 2.89 bits per heavy atom. The van der Waals surface area contributed by atoms with Gasteiger partial charge in [0.25, 0.3) is 5.91 Å². The van der Waals surface area contributed by atoms with E-state index in [-0.39, 0.29) is 5.91 Å². The van der Waals surface area contributed by atoms with Gasteiger partial charge in [-0.3, -0.25) is 9.59 Å². The van der Waals surface area contributed by atoms with E-state index in [4.69, 9.17) is 4.74 Å². The van der Waals surface area contributed by atoms with Crippen LogP contribution in [0.4, 0.5) is 0 Å². The number of rotatable bonds is 2. The minimum Gasteiger partial charge on any atom is -0.378 e. The maximum atomic E-state index is 12.3. The van der Waals surface area contributed by atoms with Crippen LogP contribution in [-0.2, 0) is 4.74 Å². The van der Waals surface area contributed by atoms with Crippen molar-refractivity contribution in [3.05, 3.63) is 28.8 Å². The zero-order valence-corrected chi connectivity index (χ0v) is 11.0. The summed E-state index contributed by atoms with van der Waals surface area (Å²) in [6, 6.07) is 5.37. The predicted molar refractivity (Wildman–Crippen MR) is 71.7 cm³/mol. The number of morpholine rings is 1. The first-order valence-corrected chi connectivity index (χ1v) is 6.82. The molecule has 0 unspecified atom stereocenters. The summed E-state index contributed by atoms with van der Waals surface area (Å²) in [5.74, 6) is -0.00847. The Bertz CT molecular complexity index is 632. The maximum absolute atomic E-state index is 12.3. The van der Waals surface area contributed by atoms with Crippen LogP contribution in [0.3, 0.4) is 0 Å². The molecule has 98 valence electrons. The molecule has 0 aliphatic carbocycles. The number of carbonyl (C=O) groups is 2. The Balaban J connectivity index is 1.91. The first-order valence-electron chi connectivity index (χ1n) is 6.01. The zero-order chi connectivity index (χ0) is 13.2. The van der Waals surface area contributed by atoms with E-state index in [0.717, 1.165) is 11.0 Å². The number of fused-ring (bicyclic) bond motifs is 1. The molecule has 1 saturated heterocycles. The first-order chi connectivity index (χ1) is 9.28. The summed E-state index contributed by atoms with van der Waals surface area (Å²) in [6.07, 6.45) is 0.730. The first kappa shape index (κ1) is 12.3. The number of amides is 1. The van der Waals surface area contributed by atoms with Crippen molar-refractivity contribution in [1.29, 1.82) is 0 Å². The van der Waals surface area contributed by atoms with E-state index < -0.39 is 0 Å². The zero-order valence-electron chi connectivity index (χ0n) is 10.2. The van der Waals surface area contributed by atoms with Crippen molar-refractivity contribution in [2.75, 3.05) is 26.3 Å². The van der Waals surface area contributed by atoms with Crippen LogP contribution in [0.2, 0.25) is 0 Å². The Kier molecular flexibility index (Phi) is 3.27. The Morgan fingerprint density at radius 2 is 2.16 bits per heavy atom. The molecule has 1 amide bonds. The fourth-order valence-electron chi connectivity index (χ4n) is 2.08. The molecule has 0 bridgehead atoms. The van der Waals surface area contributed by atoms with Crippen LogP contribution >= 0.6 is 11.3 Å². The topological polar surface area (TPSA) is 59.5 Å². The summed E-state index contributed by atoms with van der Waals surface area (Å²) in [4.78, 5) is 28.9. The number of carbonyl (C=O) groups excluding carboxylic acids is 2. The number of aldehydes is 1. The molecule has 0 saturated carbocycles. The number of benzene rings is 1. The second-order valence-corrected chi connectivity index (χ2v) is 5.32. The van der Waals surface area contributed by atoms with Crippen LogP contribution in [0, 0.1) is 0 Å². The number of thiazole rings is 1. The van der Waals surface area contributed by atoms with Crippen molar-refractivity contribution in [2.24, 2.45) is 0 Å². The summed E-state index contributed by atoms with van der Waals surface area (Å²) >= 11 is 1.33.